The molecule has 6 heteroatoms. The van der Waals surface area contributed by atoms with Gasteiger partial charge in [-0.2, -0.15) is 5.10 Å². The van der Waals surface area contributed by atoms with Crippen molar-refractivity contribution in [3.63, 3.8) is 0 Å². The zero-order chi connectivity index (χ0) is 16.2. The third-order valence-electron chi connectivity index (χ3n) is 3.83. The number of halogens is 2. The number of aryl methyl sites for hydroxylation is 2. The Hall–Kier alpha value is -1.36. The first-order valence-electron chi connectivity index (χ1n) is 7.54. The average Bonchev–Trinajstić information content (AvgIpc) is 2.81. The van der Waals surface area contributed by atoms with E-state index in [0.717, 1.165) is 12.8 Å². The van der Waals surface area contributed by atoms with Gasteiger partial charge in [0.25, 0.3) is 5.91 Å². The maximum atomic E-state index is 12.2. The average molecular weight is 367 g/mol. The van der Waals surface area contributed by atoms with Crippen molar-refractivity contribution in [2.75, 3.05) is 0 Å². The van der Waals surface area contributed by atoms with Crippen LogP contribution in [0.5, 0.6) is 0 Å². The van der Waals surface area contributed by atoms with Crippen LogP contribution >= 0.6 is 34.5 Å². The van der Waals surface area contributed by atoms with Crippen LogP contribution < -0.4 is 5.43 Å². The number of hydrogen-bond acceptors (Lipinski definition) is 3. The van der Waals surface area contributed by atoms with E-state index in [4.69, 9.17) is 23.2 Å². The molecule has 0 spiro atoms. The molecule has 0 saturated heterocycles. The van der Waals surface area contributed by atoms with E-state index in [2.05, 4.69) is 10.5 Å². The molecule has 0 saturated carbocycles. The second-order valence-corrected chi connectivity index (χ2v) is 7.41. The molecule has 1 amide bonds. The first-order chi connectivity index (χ1) is 11.1. The number of benzene rings is 1. The first-order valence-corrected chi connectivity index (χ1v) is 9.11. The van der Waals surface area contributed by atoms with Gasteiger partial charge in [0.15, 0.2) is 0 Å². The molecule has 1 aliphatic carbocycles. The van der Waals surface area contributed by atoms with E-state index in [0.29, 0.717) is 20.5 Å². The molecule has 0 bridgehead atoms. The van der Waals surface area contributed by atoms with Gasteiger partial charge in [-0.25, -0.2) is 5.43 Å². The number of rotatable bonds is 3. The van der Waals surface area contributed by atoms with E-state index in [9.17, 15) is 4.79 Å². The highest BCUT2D eigenvalue weighted by molar-refractivity contribution is 7.14. The molecule has 0 unspecified atom stereocenters. The third-order valence-corrected chi connectivity index (χ3v) is 5.72. The minimum atomic E-state index is -0.192. The topological polar surface area (TPSA) is 41.5 Å². The fourth-order valence-electron chi connectivity index (χ4n) is 2.62. The number of fused-ring (bicyclic) bond motifs is 1. The van der Waals surface area contributed by atoms with Crippen molar-refractivity contribution in [3.8, 4) is 0 Å². The van der Waals surface area contributed by atoms with Gasteiger partial charge in [0, 0.05) is 10.4 Å². The number of carbonyl (C=O) groups is 1. The van der Waals surface area contributed by atoms with Crippen LogP contribution in [-0.2, 0) is 12.8 Å². The zero-order valence-electron chi connectivity index (χ0n) is 12.4. The summed E-state index contributed by atoms with van der Waals surface area (Å²) < 4.78 is 0. The molecule has 1 aromatic carbocycles. The molecule has 0 aliphatic heterocycles. The van der Waals surface area contributed by atoms with Gasteiger partial charge in [-0.1, -0.05) is 35.7 Å². The Morgan fingerprint density at radius 2 is 1.91 bits per heavy atom. The lowest BCUT2D eigenvalue weighted by molar-refractivity contribution is 0.0959. The molecule has 0 radical (unpaired) electrons. The van der Waals surface area contributed by atoms with Crippen molar-refractivity contribution in [2.24, 2.45) is 5.10 Å². The minimum Gasteiger partial charge on any atom is -0.266 e. The molecule has 0 atom stereocenters. The first kappa shape index (κ1) is 16.5. The van der Waals surface area contributed by atoms with Crippen LogP contribution in [-0.4, -0.2) is 12.1 Å². The van der Waals surface area contributed by atoms with Gasteiger partial charge in [-0.15, -0.1) is 11.3 Å². The molecule has 0 fully saturated rings. The van der Waals surface area contributed by atoms with Crippen molar-refractivity contribution in [2.45, 2.75) is 32.1 Å². The molecular weight excluding hydrogens is 351 g/mol. The number of amides is 1. The standard InChI is InChI=1S/C17H16Cl2N2OS/c18-13-6-4-7-14(19)12(13)10-20-21-17(22)16-9-11-5-2-1-3-8-15(11)23-16/h4,6-7,9-10H,1-3,5,8H2,(H,21,22)/b20-10-. The summed E-state index contributed by atoms with van der Waals surface area (Å²) in [7, 11) is 0. The van der Waals surface area contributed by atoms with Gasteiger partial charge in [-0.05, 0) is 49.4 Å². The van der Waals surface area contributed by atoms with Crippen LogP contribution in [0.2, 0.25) is 10.0 Å². The van der Waals surface area contributed by atoms with Gasteiger partial charge >= 0.3 is 0 Å². The largest absolute Gasteiger partial charge is 0.281 e. The summed E-state index contributed by atoms with van der Waals surface area (Å²) in [5.74, 6) is -0.192. The normalized spacial score (nSPS) is 14.5. The van der Waals surface area contributed by atoms with Crippen LogP contribution in [0.15, 0.2) is 29.4 Å². The van der Waals surface area contributed by atoms with Crippen LogP contribution in [0, 0.1) is 0 Å². The van der Waals surface area contributed by atoms with Crippen molar-refractivity contribution in [1.82, 2.24) is 5.43 Å². The summed E-state index contributed by atoms with van der Waals surface area (Å²) in [6.45, 7) is 0. The van der Waals surface area contributed by atoms with Gasteiger partial charge < -0.3 is 0 Å². The highest BCUT2D eigenvalue weighted by atomic mass is 35.5. The van der Waals surface area contributed by atoms with E-state index < -0.39 is 0 Å². The lowest BCUT2D eigenvalue weighted by Gasteiger charge is -2.00. The summed E-state index contributed by atoms with van der Waals surface area (Å²) in [6.07, 6.45) is 7.29. The van der Waals surface area contributed by atoms with Crippen LogP contribution in [0.4, 0.5) is 0 Å². The summed E-state index contributed by atoms with van der Waals surface area (Å²) in [6, 6.07) is 7.22. The molecule has 3 nitrogen and oxygen atoms in total. The van der Waals surface area contributed by atoms with Crippen LogP contribution in [0.25, 0.3) is 0 Å². The summed E-state index contributed by atoms with van der Waals surface area (Å²) >= 11 is 13.7. The van der Waals surface area contributed by atoms with E-state index in [-0.39, 0.29) is 5.91 Å². The molecule has 120 valence electrons. The summed E-state index contributed by atoms with van der Waals surface area (Å²) in [5.41, 5.74) is 4.46. The molecule has 1 heterocycles. The van der Waals surface area contributed by atoms with Gasteiger partial charge in [0.1, 0.15) is 0 Å². The van der Waals surface area contributed by atoms with Crippen molar-refractivity contribution in [3.05, 3.63) is 55.2 Å². The second-order valence-electron chi connectivity index (χ2n) is 5.45. The number of thiophene rings is 1. The predicted octanol–water partition coefficient (Wildman–Crippen LogP) is 5.09. The van der Waals surface area contributed by atoms with E-state index in [1.165, 1.54) is 35.9 Å². The maximum Gasteiger partial charge on any atom is 0.281 e. The molecule has 2 aromatic rings. The Kier molecular flexibility index (Phi) is 5.36. The lowest BCUT2D eigenvalue weighted by Crippen LogP contribution is -2.16. The smallest absolute Gasteiger partial charge is 0.266 e. The summed E-state index contributed by atoms with van der Waals surface area (Å²) in [4.78, 5) is 14.3. The molecule has 1 N–H and O–H groups in total. The Morgan fingerprint density at radius 3 is 2.70 bits per heavy atom. The van der Waals surface area contributed by atoms with Crippen molar-refractivity contribution >= 4 is 46.7 Å². The molecule has 23 heavy (non-hydrogen) atoms. The van der Waals surface area contributed by atoms with Gasteiger partial charge in [0.2, 0.25) is 0 Å². The van der Waals surface area contributed by atoms with Crippen molar-refractivity contribution < 1.29 is 4.79 Å². The van der Waals surface area contributed by atoms with Gasteiger partial charge in [0.05, 0.1) is 21.1 Å². The second kappa shape index (κ2) is 7.47. The Morgan fingerprint density at radius 1 is 1.17 bits per heavy atom. The third kappa shape index (κ3) is 3.94. The number of carbonyl (C=O) groups excluding carboxylic acids is 1. The fourth-order valence-corrected chi connectivity index (χ4v) is 4.26. The van der Waals surface area contributed by atoms with Gasteiger partial charge in [-0.3, -0.25) is 4.79 Å². The Balaban J connectivity index is 1.69. The van der Waals surface area contributed by atoms with E-state index >= 15 is 0 Å². The molecule has 3 rings (SSSR count). The Bertz CT molecular complexity index is 711. The SMILES string of the molecule is O=C(N/N=C\c1c(Cl)cccc1Cl)c1cc2c(s1)CCCCC2. The monoisotopic (exact) mass is 366 g/mol. The number of nitrogens with one attached hydrogen (secondary N) is 1. The highest BCUT2D eigenvalue weighted by Crippen LogP contribution is 2.29. The number of hydrazone groups is 1. The van der Waals surface area contributed by atoms with Crippen LogP contribution in [0.1, 0.15) is 44.9 Å². The maximum absolute atomic E-state index is 12.2. The molecule has 1 aliphatic rings. The van der Waals surface area contributed by atoms with Crippen molar-refractivity contribution in [1.29, 1.82) is 0 Å². The minimum absolute atomic E-state index is 0.192. The lowest BCUT2D eigenvalue weighted by atomic mass is 10.1. The predicted molar refractivity (Wildman–Crippen MR) is 97.1 cm³/mol. The van der Waals surface area contributed by atoms with E-state index in [1.807, 2.05) is 6.07 Å². The molecule has 1 aromatic heterocycles. The number of nitrogens with zero attached hydrogens (tertiary/aromatic N) is 1. The highest BCUT2D eigenvalue weighted by Gasteiger charge is 2.16. The quantitative estimate of drug-likeness (QED) is 0.458. The van der Waals surface area contributed by atoms with E-state index in [1.54, 1.807) is 29.5 Å². The Labute approximate surface area is 149 Å². The number of hydrogen-bond donors (Lipinski definition) is 1. The fraction of sp³-hybridized carbons (Fsp3) is 0.294. The summed E-state index contributed by atoms with van der Waals surface area (Å²) in [5, 5.41) is 4.97. The van der Waals surface area contributed by atoms with Crippen LogP contribution in [0.3, 0.4) is 0 Å². The molecular formula is C17H16Cl2N2OS. The zero-order valence-corrected chi connectivity index (χ0v) is 14.8.